The van der Waals surface area contributed by atoms with Crippen molar-refractivity contribution in [2.45, 2.75) is 17.7 Å². The van der Waals surface area contributed by atoms with Crippen molar-refractivity contribution in [2.75, 3.05) is 51.3 Å². The summed E-state index contributed by atoms with van der Waals surface area (Å²) in [4.78, 5) is 17.6. The van der Waals surface area contributed by atoms with Gasteiger partial charge in [-0.15, -0.1) is 12.4 Å². The first-order chi connectivity index (χ1) is 12.0. The molecular formula is C16H27ClN4O3S2. The van der Waals surface area contributed by atoms with Crippen molar-refractivity contribution in [1.29, 1.82) is 0 Å². The van der Waals surface area contributed by atoms with Gasteiger partial charge in [0.25, 0.3) is 5.91 Å². The summed E-state index contributed by atoms with van der Waals surface area (Å²) in [6, 6.07) is 1.49. The van der Waals surface area contributed by atoms with E-state index in [0.717, 1.165) is 37.4 Å². The van der Waals surface area contributed by atoms with Crippen LogP contribution in [-0.2, 0) is 10.0 Å². The fraction of sp³-hybridized carbons (Fsp3) is 0.688. The number of likely N-dealkylation sites (tertiary alicyclic amines) is 1. The van der Waals surface area contributed by atoms with Gasteiger partial charge in [0.05, 0.1) is 0 Å². The summed E-state index contributed by atoms with van der Waals surface area (Å²) >= 11 is 1.76. The third-order valence-corrected chi connectivity index (χ3v) is 7.61. The number of H-pyrrole nitrogens is 1. The van der Waals surface area contributed by atoms with Crippen LogP contribution in [0.25, 0.3) is 0 Å². The second-order valence-electron chi connectivity index (χ2n) is 6.58. The Morgan fingerprint density at radius 2 is 2.08 bits per heavy atom. The summed E-state index contributed by atoms with van der Waals surface area (Å²) in [5.74, 6) is 1.97. The van der Waals surface area contributed by atoms with Crippen molar-refractivity contribution in [1.82, 2.24) is 19.5 Å². The van der Waals surface area contributed by atoms with Crippen molar-refractivity contribution in [2.24, 2.45) is 5.92 Å². The Labute approximate surface area is 165 Å². The highest BCUT2D eigenvalue weighted by Gasteiger charge is 2.29. The SMILES string of the molecule is CNCC1CCCN(C(=O)c2cc(S(=O)(=O)N3CCSCC3)c[nH]2)C1.Cl. The van der Waals surface area contributed by atoms with Gasteiger partial charge >= 0.3 is 0 Å². The predicted octanol–water partition coefficient (Wildman–Crippen LogP) is 1.25. The average Bonchev–Trinajstić information content (AvgIpc) is 3.13. The number of halogens is 1. The number of aromatic amines is 1. The van der Waals surface area contributed by atoms with E-state index < -0.39 is 10.0 Å². The molecule has 0 aromatic carbocycles. The van der Waals surface area contributed by atoms with Gasteiger partial charge in [-0.3, -0.25) is 4.79 Å². The smallest absolute Gasteiger partial charge is 0.270 e. The summed E-state index contributed by atoms with van der Waals surface area (Å²) in [5, 5.41) is 3.16. The Kier molecular flexibility index (Phi) is 7.84. The number of nitrogens with zero attached hydrogens (tertiary/aromatic N) is 2. The fourth-order valence-electron chi connectivity index (χ4n) is 3.46. The van der Waals surface area contributed by atoms with Crippen LogP contribution in [0.15, 0.2) is 17.2 Å². The molecule has 1 amide bonds. The highest BCUT2D eigenvalue weighted by molar-refractivity contribution is 7.99. The van der Waals surface area contributed by atoms with Crippen molar-refractivity contribution in [3.05, 3.63) is 18.0 Å². The molecule has 2 N–H and O–H groups in total. The molecule has 10 heteroatoms. The Hall–Kier alpha value is -0.740. The molecular weight excluding hydrogens is 396 g/mol. The third-order valence-electron chi connectivity index (χ3n) is 4.79. The maximum Gasteiger partial charge on any atom is 0.270 e. The Morgan fingerprint density at radius 1 is 1.35 bits per heavy atom. The molecule has 1 unspecified atom stereocenters. The summed E-state index contributed by atoms with van der Waals surface area (Å²) < 4.78 is 26.9. The second kappa shape index (κ2) is 9.45. The molecule has 2 fully saturated rings. The zero-order chi connectivity index (χ0) is 17.9. The van der Waals surface area contributed by atoms with Crippen LogP contribution >= 0.6 is 24.2 Å². The third kappa shape index (κ3) is 4.75. The van der Waals surface area contributed by atoms with Crippen molar-refractivity contribution in [3.8, 4) is 0 Å². The van der Waals surface area contributed by atoms with Crippen LogP contribution in [0.1, 0.15) is 23.3 Å². The number of amides is 1. The van der Waals surface area contributed by atoms with Crippen molar-refractivity contribution < 1.29 is 13.2 Å². The molecule has 2 saturated heterocycles. The van der Waals surface area contributed by atoms with Gasteiger partial charge in [0.1, 0.15) is 10.6 Å². The van der Waals surface area contributed by atoms with E-state index in [0.29, 0.717) is 31.2 Å². The maximum atomic E-state index is 12.7. The zero-order valence-electron chi connectivity index (χ0n) is 14.9. The lowest BCUT2D eigenvalue weighted by molar-refractivity contribution is 0.0669. The van der Waals surface area contributed by atoms with Crippen molar-refractivity contribution >= 4 is 40.1 Å². The number of nitrogens with one attached hydrogen (secondary N) is 2. The van der Waals surface area contributed by atoms with Crippen LogP contribution in [0.4, 0.5) is 0 Å². The lowest BCUT2D eigenvalue weighted by Crippen LogP contribution is -2.42. The zero-order valence-corrected chi connectivity index (χ0v) is 17.4. The second-order valence-corrected chi connectivity index (χ2v) is 9.75. The number of hydrogen-bond donors (Lipinski definition) is 2. The van der Waals surface area contributed by atoms with Gasteiger partial charge in [0.15, 0.2) is 0 Å². The van der Waals surface area contributed by atoms with E-state index in [9.17, 15) is 13.2 Å². The molecule has 0 spiro atoms. The van der Waals surface area contributed by atoms with Crippen LogP contribution in [0.3, 0.4) is 0 Å². The molecule has 0 saturated carbocycles. The quantitative estimate of drug-likeness (QED) is 0.745. The van der Waals surface area contributed by atoms with Gasteiger partial charge in [-0.2, -0.15) is 16.1 Å². The van der Waals surface area contributed by atoms with Crippen LogP contribution in [-0.4, -0.2) is 79.8 Å². The van der Waals surface area contributed by atoms with E-state index in [-0.39, 0.29) is 23.2 Å². The Balaban J connectivity index is 0.00000243. The molecule has 1 atom stereocenters. The van der Waals surface area contributed by atoms with Crippen LogP contribution in [0.2, 0.25) is 0 Å². The van der Waals surface area contributed by atoms with Gasteiger partial charge in [-0.05, 0) is 38.4 Å². The predicted molar refractivity (Wildman–Crippen MR) is 107 cm³/mol. The number of carbonyl (C=O) groups excluding carboxylic acids is 1. The minimum absolute atomic E-state index is 0. The number of carbonyl (C=O) groups is 1. The van der Waals surface area contributed by atoms with Gasteiger partial charge in [0.2, 0.25) is 10.0 Å². The Morgan fingerprint density at radius 3 is 2.77 bits per heavy atom. The summed E-state index contributed by atoms with van der Waals surface area (Å²) in [6.07, 6.45) is 3.54. The monoisotopic (exact) mass is 422 g/mol. The lowest BCUT2D eigenvalue weighted by Gasteiger charge is -2.32. The molecule has 26 heavy (non-hydrogen) atoms. The van der Waals surface area contributed by atoms with E-state index in [1.807, 2.05) is 11.9 Å². The standard InChI is InChI=1S/C16H26N4O3S2.ClH/c1-17-10-13-3-2-4-19(12-13)16(21)15-9-14(11-18-15)25(22,23)20-5-7-24-8-6-20;/h9,11,13,17-18H,2-8,10,12H2,1H3;1H. The minimum atomic E-state index is -3.52. The minimum Gasteiger partial charge on any atom is -0.356 e. The van der Waals surface area contributed by atoms with Crippen LogP contribution in [0, 0.1) is 5.92 Å². The molecule has 3 rings (SSSR count). The molecule has 2 aliphatic rings. The number of piperidine rings is 1. The summed E-state index contributed by atoms with van der Waals surface area (Å²) in [7, 11) is -1.60. The molecule has 0 bridgehead atoms. The van der Waals surface area contributed by atoms with Crippen molar-refractivity contribution in [3.63, 3.8) is 0 Å². The topological polar surface area (TPSA) is 85.5 Å². The molecule has 3 heterocycles. The van der Waals surface area contributed by atoms with E-state index in [4.69, 9.17) is 0 Å². The number of thioether (sulfide) groups is 1. The number of hydrogen-bond acceptors (Lipinski definition) is 5. The first kappa shape index (κ1) is 21.6. The maximum absolute atomic E-state index is 12.7. The molecule has 2 aliphatic heterocycles. The highest BCUT2D eigenvalue weighted by atomic mass is 35.5. The molecule has 148 valence electrons. The number of sulfonamides is 1. The molecule has 7 nitrogen and oxygen atoms in total. The largest absolute Gasteiger partial charge is 0.356 e. The van der Waals surface area contributed by atoms with Gasteiger partial charge in [0, 0.05) is 43.9 Å². The van der Waals surface area contributed by atoms with Crippen LogP contribution in [0.5, 0.6) is 0 Å². The Bertz CT molecular complexity index is 702. The first-order valence-corrected chi connectivity index (χ1v) is 11.3. The van der Waals surface area contributed by atoms with E-state index >= 15 is 0 Å². The fourth-order valence-corrected chi connectivity index (χ4v) is 6.03. The lowest BCUT2D eigenvalue weighted by atomic mass is 9.98. The molecule has 1 aromatic rings. The van der Waals surface area contributed by atoms with Crippen LogP contribution < -0.4 is 5.32 Å². The van der Waals surface area contributed by atoms with E-state index in [1.54, 1.807) is 11.8 Å². The molecule has 0 aliphatic carbocycles. The molecule has 0 radical (unpaired) electrons. The van der Waals surface area contributed by atoms with E-state index in [2.05, 4.69) is 10.3 Å². The normalized spacial score (nSPS) is 22.0. The summed E-state index contributed by atoms with van der Waals surface area (Å²) in [6.45, 7) is 3.38. The first-order valence-electron chi connectivity index (χ1n) is 8.72. The average molecular weight is 423 g/mol. The highest BCUT2D eigenvalue weighted by Crippen LogP contribution is 2.23. The molecule has 1 aromatic heterocycles. The summed E-state index contributed by atoms with van der Waals surface area (Å²) in [5.41, 5.74) is 0.357. The van der Waals surface area contributed by atoms with E-state index in [1.165, 1.54) is 16.6 Å². The number of aromatic nitrogens is 1. The van der Waals surface area contributed by atoms with Gasteiger partial charge in [-0.25, -0.2) is 8.42 Å². The number of rotatable bonds is 5. The van der Waals surface area contributed by atoms with Gasteiger partial charge in [-0.1, -0.05) is 0 Å². The van der Waals surface area contributed by atoms with Gasteiger partial charge < -0.3 is 15.2 Å².